The molecule has 1 heterocycles. The van der Waals surface area contributed by atoms with E-state index in [1.807, 2.05) is 0 Å². The van der Waals surface area contributed by atoms with Crippen LogP contribution in [0.2, 0.25) is 0 Å². The average molecular weight is 277 g/mol. The lowest BCUT2D eigenvalue weighted by molar-refractivity contribution is -0.142. The van der Waals surface area contributed by atoms with Crippen molar-refractivity contribution in [2.75, 3.05) is 6.61 Å². The highest BCUT2D eigenvalue weighted by atomic mass is 16.5. The maximum Gasteiger partial charge on any atom is 0.326 e. The molecule has 0 fully saturated rings. The highest BCUT2D eigenvalue weighted by Crippen LogP contribution is 2.26. The third-order valence-corrected chi connectivity index (χ3v) is 3.34. The number of carbonyl (C=O) groups excluding carboxylic acids is 1. The minimum absolute atomic E-state index is 0.373. The van der Waals surface area contributed by atoms with Crippen molar-refractivity contribution >= 4 is 11.9 Å². The summed E-state index contributed by atoms with van der Waals surface area (Å²) >= 11 is 0. The molecule has 0 saturated carbocycles. The van der Waals surface area contributed by atoms with Gasteiger partial charge in [-0.2, -0.15) is 0 Å². The zero-order valence-electron chi connectivity index (χ0n) is 11.9. The van der Waals surface area contributed by atoms with Crippen LogP contribution < -0.4 is 10.1 Å². The van der Waals surface area contributed by atoms with Gasteiger partial charge in [0.2, 0.25) is 0 Å². The van der Waals surface area contributed by atoms with E-state index in [0.717, 1.165) is 17.7 Å². The Bertz CT molecular complexity index is 545. The largest absolute Gasteiger partial charge is 0.493 e. The molecule has 1 atom stereocenters. The van der Waals surface area contributed by atoms with E-state index in [-0.39, 0.29) is 5.91 Å². The van der Waals surface area contributed by atoms with E-state index in [1.54, 1.807) is 39.0 Å². The van der Waals surface area contributed by atoms with Gasteiger partial charge in [-0.05, 0) is 29.2 Å². The van der Waals surface area contributed by atoms with Crippen LogP contribution in [-0.2, 0) is 11.2 Å². The Morgan fingerprint density at radius 1 is 1.35 bits per heavy atom. The number of ether oxygens (including phenoxy) is 1. The highest BCUT2D eigenvalue weighted by molar-refractivity contribution is 5.97. The molecule has 1 aromatic carbocycles. The van der Waals surface area contributed by atoms with Crippen molar-refractivity contribution in [1.29, 1.82) is 0 Å². The van der Waals surface area contributed by atoms with Crippen molar-refractivity contribution in [2.45, 2.75) is 33.2 Å². The summed E-state index contributed by atoms with van der Waals surface area (Å²) in [4.78, 5) is 23.5. The number of hydrogen-bond acceptors (Lipinski definition) is 3. The molecule has 0 unspecified atom stereocenters. The number of benzene rings is 1. The molecule has 1 aromatic rings. The standard InChI is InChI=1S/C15H19NO4/c1-15(2,3)12(14(18)19)16-13(17)10-4-5-11-9(8-10)6-7-20-11/h4-5,8,12H,6-7H2,1-3H3,(H,16,17)(H,18,19)/t12-/m1/s1. The highest BCUT2D eigenvalue weighted by Gasteiger charge is 2.33. The monoisotopic (exact) mass is 277 g/mol. The number of carboxylic acids is 1. The lowest BCUT2D eigenvalue weighted by Gasteiger charge is -2.27. The molecule has 108 valence electrons. The van der Waals surface area contributed by atoms with E-state index in [4.69, 9.17) is 4.74 Å². The average Bonchev–Trinajstić information content (AvgIpc) is 2.80. The van der Waals surface area contributed by atoms with Crippen LogP contribution in [0.15, 0.2) is 18.2 Å². The number of hydrogen-bond donors (Lipinski definition) is 2. The lowest BCUT2D eigenvalue weighted by atomic mass is 9.86. The van der Waals surface area contributed by atoms with Gasteiger partial charge in [0.15, 0.2) is 0 Å². The van der Waals surface area contributed by atoms with Crippen LogP contribution >= 0.6 is 0 Å². The molecule has 2 rings (SSSR count). The predicted molar refractivity (Wildman–Crippen MR) is 74.0 cm³/mol. The van der Waals surface area contributed by atoms with Gasteiger partial charge in [0.25, 0.3) is 5.91 Å². The summed E-state index contributed by atoms with van der Waals surface area (Å²) in [6.45, 7) is 5.97. The van der Waals surface area contributed by atoms with Gasteiger partial charge in [0.1, 0.15) is 11.8 Å². The molecule has 0 aliphatic carbocycles. The Morgan fingerprint density at radius 2 is 2.05 bits per heavy atom. The SMILES string of the molecule is CC(C)(C)[C@H](NC(=O)c1ccc2c(c1)CCO2)C(=O)O. The minimum Gasteiger partial charge on any atom is -0.493 e. The fraction of sp³-hybridized carbons (Fsp3) is 0.467. The summed E-state index contributed by atoms with van der Waals surface area (Å²) in [6.07, 6.45) is 0.776. The van der Waals surface area contributed by atoms with E-state index in [9.17, 15) is 14.7 Å². The van der Waals surface area contributed by atoms with Crippen molar-refractivity contribution in [3.05, 3.63) is 29.3 Å². The molecule has 1 aliphatic rings. The van der Waals surface area contributed by atoms with E-state index in [1.165, 1.54) is 0 Å². The summed E-state index contributed by atoms with van der Waals surface area (Å²) in [5, 5.41) is 11.8. The Morgan fingerprint density at radius 3 is 2.65 bits per heavy atom. The molecule has 0 bridgehead atoms. The van der Waals surface area contributed by atoms with Crippen LogP contribution in [0.25, 0.3) is 0 Å². The molecule has 1 aliphatic heterocycles. The zero-order chi connectivity index (χ0) is 14.9. The number of fused-ring (bicyclic) bond motifs is 1. The summed E-state index contributed by atoms with van der Waals surface area (Å²) in [7, 11) is 0. The van der Waals surface area contributed by atoms with Crippen molar-refractivity contribution in [3.8, 4) is 5.75 Å². The van der Waals surface area contributed by atoms with E-state index >= 15 is 0 Å². The van der Waals surface area contributed by atoms with Crippen molar-refractivity contribution < 1.29 is 19.4 Å². The van der Waals surface area contributed by atoms with Gasteiger partial charge in [-0.3, -0.25) is 4.79 Å². The van der Waals surface area contributed by atoms with Gasteiger partial charge in [0, 0.05) is 12.0 Å². The molecule has 2 N–H and O–H groups in total. The number of carbonyl (C=O) groups is 2. The lowest BCUT2D eigenvalue weighted by Crippen LogP contribution is -2.49. The van der Waals surface area contributed by atoms with Crippen LogP contribution in [0, 0.1) is 5.41 Å². The summed E-state index contributed by atoms with van der Waals surface area (Å²) in [6, 6.07) is 4.24. The van der Waals surface area contributed by atoms with Gasteiger partial charge in [0.05, 0.1) is 6.61 Å². The topological polar surface area (TPSA) is 75.6 Å². The minimum atomic E-state index is -1.03. The quantitative estimate of drug-likeness (QED) is 0.884. The van der Waals surface area contributed by atoms with Crippen LogP contribution in [0.1, 0.15) is 36.7 Å². The van der Waals surface area contributed by atoms with Crippen molar-refractivity contribution in [1.82, 2.24) is 5.32 Å². The number of aliphatic carboxylic acids is 1. The maximum atomic E-state index is 12.2. The number of rotatable bonds is 3. The second-order valence-electron chi connectivity index (χ2n) is 6.03. The van der Waals surface area contributed by atoms with Gasteiger partial charge in [-0.1, -0.05) is 20.8 Å². The first kappa shape index (κ1) is 14.4. The second kappa shape index (κ2) is 5.15. The van der Waals surface area contributed by atoms with Crippen LogP contribution in [0.3, 0.4) is 0 Å². The Hall–Kier alpha value is -2.04. The van der Waals surface area contributed by atoms with Gasteiger partial charge in [-0.15, -0.1) is 0 Å². The normalized spacial score (nSPS) is 15.2. The van der Waals surface area contributed by atoms with Gasteiger partial charge >= 0.3 is 5.97 Å². The summed E-state index contributed by atoms with van der Waals surface area (Å²) in [5.74, 6) is -0.607. The molecule has 5 heteroatoms. The summed E-state index contributed by atoms with van der Waals surface area (Å²) in [5.41, 5.74) is 0.895. The Balaban J connectivity index is 2.17. The number of nitrogens with one attached hydrogen (secondary N) is 1. The number of amides is 1. The Kier molecular flexibility index (Phi) is 3.70. The second-order valence-corrected chi connectivity index (χ2v) is 6.03. The van der Waals surface area contributed by atoms with Crippen molar-refractivity contribution in [3.63, 3.8) is 0 Å². The third-order valence-electron chi connectivity index (χ3n) is 3.34. The molecular weight excluding hydrogens is 258 g/mol. The predicted octanol–water partition coefficient (Wildman–Crippen LogP) is 1.85. The van der Waals surface area contributed by atoms with Gasteiger partial charge < -0.3 is 15.2 Å². The molecular formula is C15H19NO4. The molecule has 0 aromatic heterocycles. The fourth-order valence-corrected chi connectivity index (χ4v) is 2.19. The molecule has 1 amide bonds. The van der Waals surface area contributed by atoms with Crippen LogP contribution in [0.4, 0.5) is 0 Å². The maximum absolute atomic E-state index is 12.2. The summed E-state index contributed by atoms with van der Waals surface area (Å²) < 4.78 is 5.38. The van der Waals surface area contributed by atoms with Gasteiger partial charge in [-0.25, -0.2) is 4.79 Å². The molecule has 20 heavy (non-hydrogen) atoms. The molecule has 0 spiro atoms. The Labute approximate surface area is 117 Å². The van der Waals surface area contributed by atoms with E-state index in [0.29, 0.717) is 12.2 Å². The first-order valence-electron chi connectivity index (χ1n) is 6.58. The molecule has 5 nitrogen and oxygen atoms in total. The number of carboxylic acid groups (broad SMARTS) is 1. The first-order chi connectivity index (χ1) is 9.29. The molecule has 0 saturated heterocycles. The third kappa shape index (κ3) is 2.92. The smallest absolute Gasteiger partial charge is 0.326 e. The van der Waals surface area contributed by atoms with E-state index in [2.05, 4.69) is 5.32 Å². The first-order valence-corrected chi connectivity index (χ1v) is 6.58. The van der Waals surface area contributed by atoms with Crippen LogP contribution in [0.5, 0.6) is 5.75 Å². The van der Waals surface area contributed by atoms with Crippen molar-refractivity contribution in [2.24, 2.45) is 5.41 Å². The van der Waals surface area contributed by atoms with Crippen LogP contribution in [-0.4, -0.2) is 29.6 Å². The fourth-order valence-electron chi connectivity index (χ4n) is 2.19. The zero-order valence-corrected chi connectivity index (χ0v) is 11.9. The van der Waals surface area contributed by atoms with E-state index < -0.39 is 17.4 Å². The molecule has 0 radical (unpaired) electrons.